The van der Waals surface area contributed by atoms with Crippen molar-refractivity contribution in [2.45, 2.75) is 20.0 Å². The van der Waals surface area contributed by atoms with Crippen LogP contribution in [0.25, 0.3) is 0 Å². The molecule has 0 aliphatic carbocycles. The first-order valence-corrected chi connectivity index (χ1v) is 8.36. The maximum atomic E-state index is 12.3. The summed E-state index contributed by atoms with van der Waals surface area (Å²) in [4.78, 5) is 29.4. The fourth-order valence-corrected chi connectivity index (χ4v) is 3.14. The van der Waals surface area contributed by atoms with E-state index < -0.39 is 0 Å². The molecule has 0 bridgehead atoms. The van der Waals surface area contributed by atoms with Crippen LogP contribution in [0.5, 0.6) is 0 Å². The number of carbonyl (C=O) groups excluding carboxylic acids is 2. The maximum Gasteiger partial charge on any atom is 0.256 e. The van der Waals surface area contributed by atoms with Crippen LogP contribution < -0.4 is 10.6 Å². The van der Waals surface area contributed by atoms with E-state index in [0.717, 1.165) is 18.1 Å². The molecule has 120 valence electrons. The predicted octanol–water partition coefficient (Wildman–Crippen LogP) is 1.85. The molecular weight excluding hydrogens is 312 g/mol. The topological polar surface area (TPSA) is 74.3 Å². The molecule has 0 atom stereocenters. The largest absolute Gasteiger partial charge is 0.366 e. The zero-order chi connectivity index (χ0) is 16.2. The summed E-state index contributed by atoms with van der Waals surface area (Å²) in [5, 5.41) is 10.1. The number of rotatable bonds is 6. The second-order valence-electron chi connectivity index (χ2n) is 5.39. The first-order chi connectivity index (χ1) is 11.1. The minimum absolute atomic E-state index is 0.0257. The van der Waals surface area contributed by atoms with Crippen LogP contribution in [0.4, 0.5) is 5.82 Å². The lowest BCUT2D eigenvalue weighted by Gasteiger charge is -2.14. The van der Waals surface area contributed by atoms with Crippen LogP contribution in [0.3, 0.4) is 0 Å². The second-order valence-corrected chi connectivity index (χ2v) is 6.17. The van der Waals surface area contributed by atoms with Crippen LogP contribution in [-0.4, -0.2) is 34.8 Å². The predicted molar refractivity (Wildman–Crippen MR) is 89.3 cm³/mol. The van der Waals surface area contributed by atoms with Crippen molar-refractivity contribution < 1.29 is 9.59 Å². The van der Waals surface area contributed by atoms with Crippen molar-refractivity contribution in [2.75, 3.05) is 18.4 Å². The van der Waals surface area contributed by atoms with E-state index in [0.29, 0.717) is 25.2 Å². The molecule has 23 heavy (non-hydrogen) atoms. The molecule has 6 nitrogen and oxygen atoms in total. The number of amides is 2. The SMILES string of the molecule is CC(=O)NCCN1Cc2nc(NCc3ccsc3)ccc2C1=O. The number of thiophene rings is 1. The molecule has 3 rings (SSSR count). The van der Waals surface area contributed by atoms with Crippen LogP contribution in [0.2, 0.25) is 0 Å². The van der Waals surface area contributed by atoms with Crippen molar-refractivity contribution in [1.82, 2.24) is 15.2 Å². The Morgan fingerprint density at radius 1 is 1.39 bits per heavy atom. The van der Waals surface area contributed by atoms with Crippen LogP contribution >= 0.6 is 11.3 Å². The number of aromatic nitrogens is 1. The van der Waals surface area contributed by atoms with E-state index in [1.165, 1.54) is 12.5 Å². The Morgan fingerprint density at radius 3 is 3.00 bits per heavy atom. The highest BCUT2D eigenvalue weighted by Gasteiger charge is 2.28. The molecule has 0 unspecified atom stereocenters. The molecule has 7 heteroatoms. The van der Waals surface area contributed by atoms with E-state index in [9.17, 15) is 9.59 Å². The minimum atomic E-state index is -0.0906. The Morgan fingerprint density at radius 2 is 2.26 bits per heavy atom. The number of nitrogens with one attached hydrogen (secondary N) is 2. The van der Waals surface area contributed by atoms with Crippen molar-refractivity contribution >= 4 is 29.0 Å². The molecule has 1 aliphatic heterocycles. The smallest absolute Gasteiger partial charge is 0.256 e. The number of fused-ring (bicyclic) bond motifs is 1. The number of pyridine rings is 1. The normalized spacial score (nSPS) is 13.1. The number of carbonyl (C=O) groups is 2. The number of hydrogen-bond donors (Lipinski definition) is 2. The van der Waals surface area contributed by atoms with Crippen molar-refractivity contribution in [3.63, 3.8) is 0 Å². The van der Waals surface area contributed by atoms with Crippen molar-refractivity contribution in [2.24, 2.45) is 0 Å². The molecule has 2 N–H and O–H groups in total. The lowest BCUT2D eigenvalue weighted by Crippen LogP contribution is -2.34. The summed E-state index contributed by atoms with van der Waals surface area (Å²) in [6.07, 6.45) is 0. The summed E-state index contributed by atoms with van der Waals surface area (Å²) in [5.74, 6) is 0.654. The summed E-state index contributed by atoms with van der Waals surface area (Å²) < 4.78 is 0. The molecule has 2 amide bonds. The van der Waals surface area contributed by atoms with Gasteiger partial charge in [0.2, 0.25) is 5.91 Å². The van der Waals surface area contributed by atoms with Crippen LogP contribution in [0, 0.1) is 0 Å². The van der Waals surface area contributed by atoms with E-state index >= 15 is 0 Å². The summed E-state index contributed by atoms with van der Waals surface area (Å²) in [7, 11) is 0. The Balaban J connectivity index is 1.61. The summed E-state index contributed by atoms with van der Waals surface area (Å²) >= 11 is 1.66. The van der Waals surface area contributed by atoms with Crippen LogP contribution in [0.1, 0.15) is 28.5 Å². The van der Waals surface area contributed by atoms with Gasteiger partial charge >= 0.3 is 0 Å². The third-order valence-corrected chi connectivity index (χ3v) is 4.37. The van der Waals surface area contributed by atoms with Gasteiger partial charge in [0.25, 0.3) is 5.91 Å². The molecule has 0 aromatic carbocycles. The molecule has 0 radical (unpaired) electrons. The van der Waals surface area contributed by atoms with E-state index in [-0.39, 0.29) is 11.8 Å². The van der Waals surface area contributed by atoms with E-state index in [1.807, 2.05) is 17.5 Å². The Bertz CT molecular complexity index is 715. The van der Waals surface area contributed by atoms with Crippen molar-refractivity contribution in [3.8, 4) is 0 Å². The van der Waals surface area contributed by atoms with E-state index in [1.54, 1.807) is 16.2 Å². The Labute approximate surface area is 138 Å². The second kappa shape index (κ2) is 6.78. The van der Waals surface area contributed by atoms with Crippen LogP contribution in [-0.2, 0) is 17.9 Å². The van der Waals surface area contributed by atoms with Gasteiger partial charge in [0.15, 0.2) is 0 Å². The molecule has 2 aromatic rings. The Hall–Kier alpha value is -2.41. The van der Waals surface area contributed by atoms with Crippen molar-refractivity contribution in [3.05, 3.63) is 45.8 Å². The third-order valence-electron chi connectivity index (χ3n) is 3.64. The highest BCUT2D eigenvalue weighted by atomic mass is 32.1. The monoisotopic (exact) mass is 330 g/mol. The molecular formula is C16H18N4O2S. The van der Waals surface area contributed by atoms with E-state index in [2.05, 4.69) is 27.1 Å². The highest BCUT2D eigenvalue weighted by molar-refractivity contribution is 7.07. The van der Waals surface area contributed by atoms with Gasteiger partial charge in [-0.05, 0) is 34.5 Å². The number of anilines is 1. The van der Waals surface area contributed by atoms with Gasteiger partial charge in [-0.1, -0.05) is 0 Å². The quantitative estimate of drug-likeness (QED) is 0.848. The standard InChI is InChI=1S/C16H18N4O2S/c1-11(21)17-5-6-20-9-14-13(16(20)22)2-3-15(19-14)18-8-12-4-7-23-10-12/h2-4,7,10H,5-6,8-9H2,1H3,(H,17,21)(H,18,19). The average Bonchev–Trinajstić information content (AvgIpc) is 3.14. The minimum Gasteiger partial charge on any atom is -0.366 e. The van der Waals surface area contributed by atoms with Gasteiger partial charge in [0.1, 0.15) is 5.82 Å². The van der Waals surface area contributed by atoms with Gasteiger partial charge in [0, 0.05) is 26.6 Å². The fraction of sp³-hybridized carbons (Fsp3) is 0.312. The molecule has 0 fully saturated rings. The zero-order valence-corrected chi connectivity index (χ0v) is 13.7. The van der Waals surface area contributed by atoms with Gasteiger partial charge in [0.05, 0.1) is 17.8 Å². The van der Waals surface area contributed by atoms with Crippen molar-refractivity contribution in [1.29, 1.82) is 0 Å². The van der Waals surface area contributed by atoms with Gasteiger partial charge in [-0.25, -0.2) is 4.98 Å². The van der Waals surface area contributed by atoms with Gasteiger partial charge in [-0.15, -0.1) is 0 Å². The first-order valence-electron chi connectivity index (χ1n) is 7.42. The lowest BCUT2D eigenvalue weighted by atomic mass is 10.2. The van der Waals surface area contributed by atoms with Gasteiger partial charge < -0.3 is 15.5 Å². The highest BCUT2D eigenvalue weighted by Crippen LogP contribution is 2.22. The Kier molecular flexibility index (Phi) is 4.57. The fourth-order valence-electron chi connectivity index (χ4n) is 2.47. The maximum absolute atomic E-state index is 12.3. The average molecular weight is 330 g/mol. The molecule has 3 heterocycles. The molecule has 0 spiro atoms. The van der Waals surface area contributed by atoms with Crippen LogP contribution in [0.15, 0.2) is 29.0 Å². The van der Waals surface area contributed by atoms with Gasteiger partial charge in [-0.3, -0.25) is 9.59 Å². The van der Waals surface area contributed by atoms with E-state index in [4.69, 9.17) is 0 Å². The molecule has 0 saturated heterocycles. The molecule has 1 aliphatic rings. The molecule has 0 saturated carbocycles. The lowest BCUT2D eigenvalue weighted by molar-refractivity contribution is -0.119. The summed E-state index contributed by atoms with van der Waals surface area (Å²) in [6, 6.07) is 5.72. The first kappa shape index (κ1) is 15.5. The summed E-state index contributed by atoms with van der Waals surface area (Å²) in [6.45, 7) is 3.62. The van der Waals surface area contributed by atoms with Gasteiger partial charge in [-0.2, -0.15) is 11.3 Å². The molecule has 2 aromatic heterocycles. The number of nitrogens with zero attached hydrogens (tertiary/aromatic N) is 2. The third kappa shape index (κ3) is 3.68. The summed E-state index contributed by atoms with van der Waals surface area (Å²) in [5.41, 5.74) is 2.65. The zero-order valence-electron chi connectivity index (χ0n) is 12.8. The number of hydrogen-bond acceptors (Lipinski definition) is 5.